The fourth-order valence-electron chi connectivity index (χ4n) is 2.74. The topological polar surface area (TPSA) is 46.3 Å². The Morgan fingerprint density at radius 2 is 2.11 bits per heavy atom. The van der Waals surface area contributed by atoms with E-state index in [9.17, 15) is 4.79 Å². The first kappa shape index (κ1) is 12.9. The van der Waals surface area contributed by atoms with Crippen LogP contribution >= 0.6 is 0 Å². The van der Waals surface area contributed by atoms with Gasteiger partial charge in [0.2, 0.25) is 0 Å². The van der Waals surface area contributed by atoms with Gasteiger partial charge < -0.3 is 10.6 Å². The van der Waals surface area contributed by atoms with E-state index in [1.807, 2.05) is 24.0 Å². The van der Waals surface area contributed by atoms with Crippen molar-refractivity contribution in [2.75, 3.05) is 18.8 Å². The molecule has 2 rings (SSSR count). The highest BCUT2D eigenvalue weighted by Gasteiger charge is 2.30. The largest absolute Gasteiger partial charge is 0.398 e. The Kier molecular flexibility index (Phi) is 3.33. The van der Waals surface area contributed by atoms with Gasteiger partial charge in [-0.25, -0.2) is 0 Å². The third-order valence-corrected chi connectivity index (χ3v) is 3.71. The van der Waals surface area contributed by atoms with Gasteiger partial charge in [0.15, 0.2) is 0 Å². The number of aryl methyl sites for hydroxylation is 1. The van der Waals surface area contributed by atoms with Gasteiger partial charge in [0, 0.05) is 18.8 Å². The van der Waals surface area contributed by atoms with Gasteiger partial charge >= 0.3 is 0 Å². The number of rotatable bonds is 1. The van der Waals surface area contributed by atoms with Crippen molar-refractivity contribution in [2.24, 2.45) is 5.41 Å². The Bertz CT molecular complexity index is 445. The third kappa shape index (κ3) is 2.50. The monoisotopic (exact) mass is 246 g/mol. The van der Waals surface area contributed by atoms with E-state index >= 15 is 0 Å². The summed E-state index contributed by atoms with van der Waals surface area (Å²) in [4.78, 5) is 14.5. The third-order valence-electron chi connectivity index (χ3n) is 3.71. The van der Waals surface area contributed by atoms with Crippen molar-refractivity contribution in [3.05, 3.63) is 29.3 Å². The molecule has 3 nitrogen and oxygen atoms in total. The highest BCUT2D eigenvalue weighted by atomic mass is 16.2. The van der Waals surface area contributed by atoms with E-state index in [0.29, 0.717) is 11.3 Å². The van der Waals surface area contributed by atoms with Crippen molar-refractivity contribution in [3.8, 4) is 0 Å². The van der Waals surface area contributed by atoms with Gasteiger partial charge in [-0.2, -0.15) is 0 Å². The van der Waals surface area contributed by atoms with Crippen LogP contribution in [-0.4, -0.2) is 23.9 Å². The van der Waals surface area contributed by atoms with Crippen LogP contribution in [0.5, 0.6) is 0 Å². The lowest BCUT2D eigenvalue weighted by molar-refractivity contribution is 0.0584. The van der Waals surface area contributed by atoms with Crippen LogP contribution in [0.1, 0.15) is 42.6 Å². The fraction of sp³-hybridized carbons (Fsp3) is 0.533. The number of benzene rings is 1. The molecule has 0 radical (unpaired) electrons. The molecule has 18 heavy (non-hydrogen) atoms. The summed E-state index contributed by atoms with van der Waals surface area (Å²) in [5.74, 6) is 0.0818. The predicted octanol–water partition coefficient (Wildman–Crippen LogP) is 2.84. The maximum absolute atomic E-state index is 12.6. The second kappa shape index (κ2) is 4.63. The highest BCUT2D eigenvalue weighted by Crippen LogP contribution is 2.30. The number of amides is 1. The van der Waals surface area contributed by atoms with Crippen LogP contribution in [-0.2, 0) is 0 Å². The molecule has 0 spiro atoms. The number of nitrogen functional groups attached to an aromatic ring is 1. The van der Waals surface area contributed by atoms with Crippen molar-refractivity contribution in [2.45, 2.75) is 33.6 Å². The number of likely N-dealkylation sites (tertiary alicyclic amines) is 1. The summed E-state index contributed by atoms with van der Waals surface area (Å²) in [5.41, 5.74) is 8.39. The Morgan fingerprint density at radius 3 is 2.72 bits per heavy atom. The molecule has 1 aliphatic heterocycles. The summed E-state index contributed by atoms with van der Waals surface area (Å²) < 4.78 is 0. The molecule has 98 valence electrons. The van der Waals surface area contributed by atoms with E-state index in [2.05, 4.69) is 13.8 Å². The van der Waals surface area contributed by atoms with Crippen molar-refractivity contribution < 1.29 is 4.79 Å². The SMILES string of the molecule is Cc1cccc(N)c1C(=O)N1CCCC(C)(C)C1. The Hall–Kier alpha value is -1.51. The fourth-order valence-corrected chi connectivity index (χ4v) is 2.74. The number of nitrogens with zero attached hydrogens (tertiary/aromatic N) is 1. The molecule has 0 atom stereocenters. The quantitative estimate of drug-likeness (QED) is 0.774. The first-order valence-corrected chi connectivity index (χ1v) is 6.55. The second-order valence-electron chi connectivity index (χ2n) is 6.03. The number of anilines is 1. The molecule has 0 aliphatic carbocycles. The summed E-state index contributed by atoms with van der Waals surface area (Å²) >= 11 is 0. The van der Waals surface area contributed by atoms with Crippen molar-refractivity contribution in [1.82, 2.24) is 4.90 Å². The van der Waals surface area contributed by atoms with Gasteiger partial charge in [0.05, 0.1) is 5.56 Å². The highest BCUT2D eigenvalue weighted by molar-refractivity contribution is 6.00. The predicted molar refractivity (Wildman–Crippen MR) is 74.5 cm³/mol. The zero-order chi connectivity index (χ0) is 13.3. The Balaban J connectivity index is 2.26. The summed E-state index contributed by atoms with van der Waals surface area (Å²) in [6.07, 6.45) is 2.25. The van der Waals surface area contributed by atoms with Crippen LogP contribution in [0.4, 0.5) is 5.69 Å². The van der Waals surface area contributed by atoms with E-state index < -0.39 is 0 Å². The average molecular weight is 246 g/mol. The maximum atomic E-state index is 12.6. The summed E-state index contributed by atoms with van der Waals surface area (Å²) in [6, 6.07) is 5.63. The molecule has 3 heteroatoms. The molecule has 2 N–H and O–H groups in total. The first-order chi connectivity index (χ1) is 8.41. The summed E-state index contributed by atoms with van der Waals surface area (Å²) in [6.45, 7) is 8.04. The lowest BCUT2D eigenvalue weighted by Crippen LogP contribution is -2.44. The van der Waals surface area contributed by atoms with Gasteiger partial charge in [0.25, 0.3) is 5.91 Å². The standard InChI is InChI=1S/C15H22N2O/c1-11-6-4-7-12(16)13(11)14(18)17-9-5-8-15(2,3)10-17/h4,6-7H,5,8-10,16H2,1-3H3. The van der Waals surface area contributed by atoms with Gasteiger partial charge in [-0.15, -0.1) is 0 Å². The smallest absolute Gasteiger partial charge is 0.256 e. The van der Waals surface area contributed by atoms with Crippen molar-refractivity contribution in [3.63, 3.8) is 0 Å². The number of carbonyl (C=O) groups excluding carboxylic acids is 1. The Labute approximate surface area is 109 Å². The minimum atomic E-state index is 0.0818. The van der Waals surface area contributed by atoms with E-state index in [1.54, 1.807) is 6.07 Å². The molecular formula is C15H22N2O. The molecule has 1 saturated heterocycles. The van der Waals surface area contributed by atoms with Crippen molar-refractivity contribution >= 4 is 11.6 Å². The van der Waals surface area contributed by atoms with Crippen LogP contribution < -0.4 is 5.73 Å². The molecule has 0 unspecified atom stereocenters. The van der Waals surface area contributed by atoms with E-state index in [0.717, 1.165) is 25.1 Å². The number of nitrogens with two attached hydrogens (primary N) is 1. The summed E-state index contributed by atoms with van der Waals surface area (Å²) in [5, 5.41) is 0. The van der Waals surface area contributed by atoms with Gasteiger partial charge in [-0.05, 0) is 36.8 Å². The zero-order valence-electron chi connectivity index (χ0n) is 11.5. The van der Waals surface area contributed by atoms with Crippen LogP contribution in [0.2, 0.25) is 0 Å². The minimum absolute atomic E-state index is 0.0818. The number of hydrogen-bond donors (Lipinski definition) is 1. The molecule has 1 fully saturated rings. The van der Waals surface area contributed by atoms with Crippen LogP contribution in [0.25, 0.3) is 0 Å². The molecule has 0 saturated carbocycles. The summed E-state index contributed by atoms with van der Waals surface area (Å²) in [7, 11) is 0. The molecule has 1 aliphatic rings. The van der Waals surface area contributed by atoms with Crippen molar-refractivity contribution in [1.29, 1.82) is 0 Å². The zero-order valence-corrected chi connectivity index (χ0v) is 11.5. The van der Waals surface area contributed by atoms with Gasteiger partial charge in [-0.1, -0.05) is 26.0 Å². The minimum Gasteiger partial charge on any atom is -0.398 e. The Morgan fingerprint density at radius 1 is 1.39 bits per heavy atom. The van der Waals surface area contributed by atoms with E-state index in [1.165, 1.54) is 6.42 Å². The molecule has 1 amide bonds. The lowest BCUT2D eigenvalue weighted by Gasteiger charge is -2.38. The van der Waals surface area contributed by atoms with Crippen LogP contribution in [0, 0.1) is 12.3 Å². The lowest BCUT2D eigenvalue weighted by atomic mass is 9.84. The molecule has 1 heterocycles. The van der Waals surface area contributed by atoms with Gasteiger partial charge in [-0.3, -0.25) is 4.79 Å². The van der Waals surface area contributed by atoms with Gasteiger partial charge in [0.1, 0.15) is 0 Å². The maximum Gasteiger partial charge on any atom is 0.256 e. The number of carbonyl (C=O) groups is 1. The molecule has 0 bridgehead atoms. The second-order valence-corrected chi connectivity index (χ2v) is 6.03. The molecule has 1 aromatic rings. The average Bonchev–Trinajstić information content (AvgIpc) is 2.27. The number of hydrogen-bond acceptors (Lipinski definition) is 2. The molecule has 0 aromatic heterocycles. The molecular weight excluding hydrogens is 224 g/mol. The van der Waals surface area contributed by atoms with E-state index in [4.69, 9.17) is 5.73 Å². The molecule has 1 aromatic carbocycles. The van der Waals surface area contributed by atoms with Crippen LogP contribution in [0.3, 0.4) is 0 Å². The normalized spacial score (nSPS) is 18.7. The first-order valence-electron chi connectivity index (χ1n) is 6.55. The number of piperidine rings is 1. The van der Waals surface area contributed by atoms with E-state index in [-0.39, 0.29) is 11.3 Å². The van der Waals surface area contributed by atoms with Crippen LogP contribution in [0.15, 0.2) is 18.2 Å².